The van der Waals surface area contributed by atoms with Gasteiger partial charge in [-0.2, -0.15) is 0 Å². The van der Waals surface area contributed by atoms with Crippen molar-refractivity contribution in [3.05, 3.63) is 35.4 Å². The molecule has 1 saturated carbocycles. The Bertz CT molecular complexity index is 653. The van der Waals surface area contributed by atoms with Crippen LogP contribution in [0.5, 0.6) is 0 Å². The van der Waals surface area contributed by atoms with Gasteiger partial charge in [-0.3, -0.25) is 14.5 Å². The molecule has 1 aliphatic heterocycles. The molecule has 1 aromatic carbocycles. The molecule has 0 aromatic heterocycles. The molecule has 5 nitrogen and oxygen atoms in total. The van der Waals surface area contributed by atoms with Crippen LogP contribution in [0, 0.1) is 12.8 Å². The molecule has 2 atom stereocenters. The number of nitrogens with one attached hydrogen (secondary N) is 1. The molecule has 3 rings (SSSR count). The summed E-state index contributed by atoms with van der Waals surface area (Å²) in [6.07, 6.45) is 5.29. The second kappa shape index (κ2) is 9.36. The van der Waals surface area contributed by atoms with E-state index >= 15 is 0 Å². The minimum Gasteiger partial charge on any atom is -0.352 e. The van der Waals surface area contributed by atoms with Gasteiger partial charge in [-0.15, -0.1) is 0 Å². The molecule has 1 aromatic rings. The van der Waals surface area contributed by atoms with Crippen molar-refractivity contribution in [2.45, 2.75) is 52.0 Å². The van der Waals surface area contributed by atoms with Crippen LogP contribution in [0.4, 0.5) is 0 Å². The standard InChI is InChI=1S/C22H33N3O2/c1-17-7-3-5-9-19(17)15-22(27)25-13-11-24(12-14-25)16-21(26)23-20-10-6-4-8-18(20)2/h3,5,7,9,18,20H,4,6,8,10-16H2,1-2H3,(H,23,26). The summed E-state index contributed by atoms with van der Waals surface area (Å²) in [7, 11) is 0. The number of benzene rings is 1. The highest BCUT2D eigenvalue weighted by Gasteiger charge is 2.26. The van der Waals surface area contributed by atoms with Gasteiger partial charge in [0.05, 0.1) is 13.0 Å². The fourth-order valence-corrected chi connectivity index (χ4v) is 4.22. The van der Waals surface area contributed by atoms with Crippen LogP contribution in [0.1, 0.15) is 43.7 Å². The predicted molar refractivity (Wildman–Crippen MR) is 107 cm³/mol. The maximum atomic E-state index is 12.6. The lowest BCUT2D eigenvalue weighted by molar-refractivity contribution is -0.132. The molecular weight excluding hydrogens is 338 g/mol. The van der Waals surface area contributed by atoms with E-state index in [0.717, 1.165) is 30.6 Å². The molecule has 1 saturated heterocycles. The van der Waals surface area contributed by atoms with Gasteiger partial charge < -0.3 is 10.2 Å². The summed E-state index contributed by atoms with van der Waals surface area (Å²) < 4.78 is 0. The van der Waals surface area contributed by atoms with Crippen molar-refractivity contribution in [2.75, 3.05) is 32.7 Å². The lowest BCUT2D eigenvalue weighted by atomic mass is 9.86. The number of aryl methyl sites for hydroxylation is 1. The minimum absolute atomic E-state index is 0.133. The Morgan fingerprint density at radius 2 is 1.78 bits per heavy atom. The van der Waals surface area contributed by atoms with Crippen LogP contribution in [-0.4, -0.2) is 60.4 Å². The van der Waals surface area contributed by atoms with Crippen LogP contribution in [0.25, 0.3) is 0 Å². The van der Waals surface area contributed by atoms with Crippen molar-refractivity contribution in [1.29, 1.82) is 0 Å². The molecule has 1 aliphatic carbocycles. The normalized spacial score (nSPS) is 23.9. The fraction of sp³-hybridized carbons (Fsp3) is 0.636. The van der Waals surface area contributed by atoms with Crippen LogP contribution >= 0.6 is 0 Å². The summed E-state index contributed by atoms with van der Waals surface area (Å²) in [5.74, 6) is 0.900. The third-order valence-corrected chi connectivity index (χ3v) is 6.15. The van der Waals surface area contributed by atoms with E-state index in [4.69, 9.17) is 0 Å². The average molecular weight is 372 g/mol. The molecule has 27 heavy (non-hydrogen) atoms. The fourth-order valence-electron chi connectivity index (χ4n) is 4.22. The first-order chi connectivity index (χ1) is 13.0. The minimum atomic E-state index is 0.133. The SMILES string of the molecule is Cc1ccccc1CC(=O)N1CCN(CC(=O)NC2CCCCC2C)CC1. The first-order valence-corrected chi connectivity index (χ1v) is 10.4. The van der Waals surface area contributed by atoms with Crippen LogP contribution in [0.3, 0.4) is 0 Å². The van der Waals surface area contributed by atoms with E-state index in [1.165, 1.54) is 19.3 Å². The highest BCUT2D eigenvalue weighted by molar-refractivity contribution is 5.80. The van der Waals surface area contributed by atoms with Gasteiger partial charge >= 0.3 is 0 Å². The monoisotopic (exact) mass is 371 g/mol. The van der Waals surface area contributed by atoms with E-state index in [1.807, 2.05) is 36.1 Å². The molecule has 148 valence electrons. The van der Waals surface area contributed by atoms with Crippen LogP contribution in [-0.2, 0) is 16.0 Å². The zero-order chi connectivity index (χ0) is 19.2. The van der Waals surface area contributed by atoms with E-state index in [2.05, 4.69) is 17.1 Å². The maximum Gasteiger partial charge on any atom is 0.234 e. The molecule has 1 N–H and O–H groups in total. The zero-order valence-corrected chi connectivity index (χ0v) is 16.7. The number of piperazine rings is 1. The van der Waals surface area contributed by atoms with Crippen LogP contribution in [0.15, 0.2) is 24.3 Å². The number of carbonyl (C=O) groups excluding carboxylic acids is 2. The lowest BCUT2D eigenvalue weighted by Crippen LogP contribution is -2.52. The van der Waals surface area contributed by atoms with E-state index in [1.54, 1.807) is 0 Å². The molecule has 5 heteroatoms. The first-order valence-electron chi connectivity index (χ1n) is 10.4. The largest absolute Gasteiger partial charge is 0.352 e. The van der Waals surface area contributed by atoms with E-state index in [0.29, 0.717) is 38.0 Å². The van der Waals surface area contributed by atoms with Gasteiger partial charge in [0.2, 0.25) is 11.8 Å². The molecule has 1 heterocycles. The Morgan fingerprint density at radius 1 is 1.07 bits per heavy atom. The molecule has 2 unspecified atom stereocenters. The van der Waals surface area contributed by atoms with E-state index in [9.17, 15) is 9.59 Å². The summed E-state index contributed by atoms with van der Waals surface area (Å²) in [6.45, 7) is 7.69. The number of carbonyl (C=O) groups is 2. The van der Waals surface area contributed by atoms with E-state index in [-0.39, 0.29) is 11.8 Å². The number of nitrogens with zero attached hydrogens (tertiary/aromatic N) is 2. The topological polar surface area (TPSA) is 52.7 Å². The number of rotatable bonds is 5. The van der Waals surface area contributed by atoms with Gasteiger partial charge in [-0.1, -0.05) is 44.0 Å². The molecule has 0 radical (unpaired) electrons. The van der Waals surface area contributed by atoms with Gasteiger partial charge in [-0.25, -0.2) is 0 Å². The third kappa shape index (κ3) is 5.55. The van der Waals surface area contributed by atoms with Crippen molar-refractivity contribution in [3.8, 4) is 0 Å². The number of hydrogen-bond acceptors (Lipinski definition) is 3. The molecular formula is C22H33N3O2. The highest BCUT2D eigenvalue weighted by atomic mass is 16.2. The average Bonchev–Trinajstić information content (AvgIpc) is 2.66. The van der Waals surface area contributed by atoms with Gasteiger partial charge in [0.1, 0.15) is 0 Å². The highest BCUT2D eigenvalue weighted by Crippen LogP contribution is 2.23. The zero-order valence-electron chi connectivity index (χ0n) is 16.7. The van der Waals surface area contributed by atoms with Gasteiger partial charge in [0, 0.05) is 32.2 Å². The second-order valence-corrected chi connectivity index (χ2v) is 8.20. The van der Waals surface area contributed by atoms with Crippen LogP contribution < -0.4 is 5.32 Å². The second-order valence-electron chi connectivity index (χ2n) is 8.20. The van der Waals surface area contributed by atoms with Crippen LogP contribution in [0.2, 0.25) is 0 Å². The summed E-state index contributed by atoms with van der Waals surface area (Å²) in [6, 6.07) is 8.40. The summed E-state index contributed by atoms with van der Waals surface area (Å²) in [5, 5.41) is 3.23. The first kappa shape index (κ1) is 19.9. The van der Waals surface area contributed by atoms with Gasteiger partial charge in [-0.05, 0) is 36.8 Å². The van der Waals surface area contributed by atoms with Gasteiger partial charge in [0.25, 0.3) is 0 Å². The van der Waals surface area contributed by atoms with Crippen molar-refractivity contribution in [3.63, 3.8) is 0 Å². The number of hydrogen-bond donors (Lipinski definition) is 1. The molecule has 2 amide bonds. The van der Waals surface area contributed by atoms with Crippen molar-refractivity contribution < 1.29 is 9.59 Å². The molecule has 0 bridgehead atoms. The third-order valence-electron chi connectivity index (χ3n) is 6.15. The summed E-state index contributed by atoms with van der Waals surface area (Å²) >= 11 is 0. The smallest absolute Gasteiger partial charge is 0.234 e. The molecule has 2 aliphatic rings. The van der Waals surface area contributed by atoms with Crippen molar-refractivity contribution in [2.24, 2.45) is 5.92 Å². The Hall–Kier alpha value is -1.88. The Labute approximate surface area is 163 Å². The van der Waals surface area contributed by atoms with Crippen molar-refractivity contribution in [1.82, 2.24) is 15.1 Å². The quantitative estimate of drug-likeness (QED) is 0.865. The molecule has 2 fully saturated rings. The molecule has 0 spiro atoms. The Balaban J connectivity index is 1.41. The van der Waals surface area contributed by atoms with E-state index < -0.39 is 0 Å². The predicted octanol–water partition coefficient (Wildman–Crippen LogP) is 2.38. The lowest BCUT2D eigenvalue weighted by Gasteiger charge is -2.35. The van der Waals surface area contributed by atoms with Gasteiger partial charge in [0.15, 0.2) is 0 Å². The summed E-state index contributed by atoms with van der Waals surface area (Å²) in [4.78, 5) is 29.1. The Kier molecular flexibility index (Phi) is 6.89. The summed E-state index contributed by atoms with van der Waals surface area (Å²) in [5.41, 5.74) is 2.27. The Morgan fingerprint density at radius 3 is 2.48 bits per heavy atom. The maximum absolute atomic E-state index is 12.6. The number of amides is 2. The van der Waals surface area contributed by atoms with Crippen molar-refractivity contribution >= 4 is 11.8 Å².